The van der Waals surface area contributed by atoms with Crippen LogP contribution in [0.1, 0.15) is 19.8 Å². The van der Waals surface area contributed by atoms with Crippen LogP contribution in [-0.2, 0) is 0 Å². The van der Waals surface area contributed by atoms with Crippen molar-refractivity contribution in [3.8, 4) is 0 Å². The lowest BCUT2D eigenvalue weighted by atomic mass is 10.2. The second-order valence-electron chi connectivity index (χ2n) is 4.46. The molecule has 2 rings (SSSR count). The quantitative estimate of drug-likeness (QED) is 0.619. The Labute approximate surface area is 115 Å². The van der Waals surface area contributed by atoms with Crippen molar-refractivity contribution in [2.75, 3.05) is 11.9 Å². The third-order valence-electron chi connectivity index (χ3n) is 3.07. The molecule has 1 atom stereocenters. The Morgan fingerprint density at radius 2 is 2.25 bits per heavy atom. The summed E-state index contributed by atoms with van der Waals surface area (Å²) in [6.07, 6.45) is 2.34. The Morgan fingerprint density at radius 3 is 2.95 bits per heavy atom. The number of non-ortho nitro benzene ring substituents is 1. The number of aliphatic hydroxyl groups excluding tert-OH is 1. The number of rotatable bonds is 6. The fourth-order valence-electron chi connectivity index (χ4n) is 1.86. The van der Waals surface area contributed by atoms with Gasteiger partial charge in [-0.3, -0.25) is 10.1 Å². The predicted molar refractivity (Wildman–Crippen MR) is 75.6 cm³/mol. The Morgan fingerprint density at radius 1 is 1.45 bits per heavy atom. The van der Waals surface area contributed by atoms with Gasteiger partial charge in [-0.25, -0.2) is 9.97 Å². The summed E-state index contributed by atoms with van der Waals surface area (Å²) in [5.74, 6) is 0.544. The van der Waals surface area contributed by atoms with Crippen molar-refractivity contribution in [2.24, 2.45) is 0 Å². The third kappa shape index (κ3) is 3.18. The summed E-state index contributed by atoms with van der Waals surface area (Å²) in [7, 11) is 0. The third-order valence-corrected chi connectivity index (χ3v) is 3.07. The summed E-state index contributed by atoms with van der Waals surface area (Å²) in [5.41, 5.74) is 0.646. The van der Waals surface area contributed by atoms with Crippen LogP contribution in [0.2, 0.25) is 0 Å². The minimum absolute atomic E-state index is 0.00365. The van der Waals surface area contributed by atoms with Gasteiger partial charge in [0.1, 0.15) is 12.1 Å². The number of fused-ring (bicyclic) bond motifs is 1. The molecule has 20 heavy (non-hydrogen) atoms. The van der Waals surface area contributed by atoms with Crippen molar-refractivity contribution < 1.29 is 10.0 Å². The van der Waals surface area contributed by atoms with E-state index in [0.29, 0.717) is 36.1 Å². The van der Waals surface area contributed by atoms with Crippen molar-refractivity contribution in [3.63, 3.8) is 0 Å². The molecule has 7 heteroatoms. The molecule has 0 aliphatic heterocycles. The summed E-state index contributed by atoms with van der Waals surface area (Å²) in [6.45, 7) is 2.46. The number of nitro groups is 1. The van der Waals surface area contributed by atoms with Crippen LogP contribution in [0.3, 0.4) is 0 Å². The topological polar surface area (TPSA) is 101 Å². The summed E-state index contributed by atoms with van der Waals surface area (Å²) < 4.78 is 0. The monoisotopic (exact) mass is 276 g/mol. The van der Waals surface area contributed by atoms with Crippen LogP contribution < -0.4 is 5.32 Å². The van der Waals surface area contributed by atoms with E-state index in [-0.39, 0.29) is 11.8 Å². The fraction of sp³-hybridized carbons (Fsp3) is 0.385. The van der Waals surface area contributed by atoms with Crippen LogP contribution in [0.4, 0.5) is 11.5 Å². The number of nitrogens with zero attached hydrogens (tertiary/aromatic N) is 3. The highest BCUT2D eigenvalue weighted by molar-refractivity contribution is 5.90. The smallest absolute Gasteiger partial charge is 0.270 e. The molecule has 0 amide bonds. The molecule has 2 aromatic rings. The number of aromatic nitrogens is 2. The van der Waals surface area contributed by atoms with E-state index in [1.54, 1.807) is 6.07 Å². The van der Waals surface area contributed by atoms with Crippen molar-refractivity contribution in [2.45, 2.75) is 25.9 Å². The molecule has 1 heterocycles. The van der Waals surface area contributed by atoms with E-state index in [1.165, 1.54) is 18.5 Å². The Balaban J connectivity index is 2.23. The highest BCUT2D eigenvalue weighted by Gasteiger charge is 2.10. The molecule has 0 spiro atoms. The van der Waals surface area contributed by atoms with E-state index < -0.39 is 4.92 Å². The largest absolute Gasteiger partial charge is 0.393 e. The Kier molecular flexibility index (Phi) is 4.41. The zero-order chi connectivity index (χ0) is 14.5. The summed E-state index contributed by atoms with van der Waals surface area (Å²) in [5, 5.41) is 24.0. The van der Waals surface area contributed by atoms with Gasteiger partial charge in [0, 0.05) is 24.1 Å². The lowest BCUT2D eigenvalue weighted by Gasteiger charge is -2.10. The predicted octanol–water partition coefficient (Wildman–Crippen LogP) is 2.11. The summed E-state index contributed by atoms with van der Waals surface area (Å²) in [4.78, 5) is 18.5. The van der Waals surface area contributed by atoms with Gasteiger partial charge in [0.25, 0.3) is 5.69 Å². The van der Waals surface area contributed by atoms with Crippen LogP contribution >= 0.6 is 0 Å². The van der Waals surface area contributed by atoms with Gasteiger partial charge in [0.05, 0.1) is 16.5 Å². The van der Waals surface area contributed by atoms with E-state index >= 15 is 0 Å². The lowest BCUT2D eigenvalue weighted by Crippen LogP contribution is -2.13. The van der Waals surface area contributed by atoms with Crippen LogP contribution in [0.15, 0.2) is 24.5 Å². The van der Waals surface area contributed by atoms with Gasteiger partial charge < -0.3 is 10.4 Å². The molecule has 0 radical (unpaired) electrons. The van der Waals surface area contributed by atoms with Crippen molar-refractivity contribution in [1.82, 2.24) is 9.97 Å². The zero-order valence-corrected chi connectivity index (χ0v) is 11.1. The molecule has 0 aliphatic rings. The number of hydrogen-bond acceptors (Lipinski definition) is 6. The first kappa shape index (κ1) is 14.1. The number of nitrogens with one attached hydrogen (secondary N) is 1. The first-order valence-corrected chi connectivity index (χ1v) is 6.43. The van der Waals surface area contributed by atoms with Gasteiger partial charge in [0.15, 0.2) is 0 Å². The number of hydrogen-bond donors (Lipinski definition) is 2. The molecular weight excluding hydrogens is 260 g/mol. The van der Waals surface area contributed by atoms with E-state index in [4.69, 9.17) is 0 Å². The maximum atomic E-state index is 10.8. The maximum absolute atomic E-state index is 10.8. The van der Waals surface area contributed by atoms with Gasteiger partial charge in [-0.15, -0.1) is 0 Å². The van der Waals surface area contributed by atoms with Crippen molar-refractivity contribution in [3.05, 3.63) is 34.6 Å². The average Bonchev–Trinajstić information content (AvgIpc) is 2.46. The Bertz CT molecular complexity index is 618. The fourth-order valence-corrected chi connectivity index (χ4v) is 1.86. The highest BCUT2D eigenvalue weighted by Crippen LogP contribution is 2.24. The average molecular weight is 276 g/mol. The molecule has 7 nitrogen and oxygen atoms in total. The Hall–Kier alpha value is -2.28. The summed E-state index contributed by atoms with van der Waals surface area (Å²) >= 11 is 0. The molecule has 0 saturated heterocycles. The van der Waals surface area contributed by atoms with Crippen molar-refractivity contribution in [1.29, 1.82) is 0 Å². The molecule has 106 valence electrons. The molecule has 0 saturated carbocycles. The molecular formula is C13H16N4O3. The zero-order valence-electron chi connectivity index (χ0n) is 11.1. The number of benzene rings is 1. The second kappa shape index (κ2) is 6.25. The van der Waals surface area contributed by atoms with Gasteiger partial charge >= 0.3 is 0 Å². The van der Waals surface area contributed by atoms with E-state index in [1.807, 2.05) is 6.92 Å². The van der Waals surface area contributed by atoms with Gasteiger partial charge in [-0.1, -0.05) is 6.92 Å². The first-order valence-electron chi connectivity index (χ1n) is 6.43. The number of aliphatic hydroxyl groups is 1. The van der Waals surface area contributed by atoms with E-state index in [0.717, 1.165) is 0 Å². The normalized spacial score (nSPS) is 12.3. The molecule has 0 fully saturated rings. The molecule has 1 aromatic heterocycles. The van der Waals surface area contributed by atoms with Crippen LogP contribution in [0.25, 0.3) is 10.9 Å². The maximum Gasteiger partial charge on any atom is 0.270 e. The highest BCUT2D eigenvalue weighted by atomic mass is 16.6. The molecule has 0 bridgehead atoms. The number of nitro benzene ring substituents is 1. The molecule has 1 unspecified atom stereocenters. The van der Waals surface area contributed by atoms with Gasteiger partial charge in [-0.05, 0) is 18.9 Å². The molecule has 0 aliphatic carbocycles. The van der Waals surface area contributed by atoms with Crippen LogP contribution in [-0.4, -0.2) is 32.6 Å². The SMILES string of the molecule is CCC(O)CCNc1ncnc2ccc([N+](=O)[O-])cc12. The summed E-state index contributed by atoms with van der Waals surface area (Å²) in [6, 6.07) is 4.47. The van der Waals surface area contributed by atoms with E-state index in [2.05, 4.69) is 15.3 Å². The minimum atomic E-state index is -0.447. The molecule has 1 aromatic carbocycles. The minimum Gasteiger partial charge on any atom is -0.393 e. The first-order chi connectivity index (χ1) is 9.61. The lowest BCUT2D eigenvalue weighted by molar-refractivity contribution is -0.384. The molecule has 2 N–H and O–H groups in total. The standard InChI is InChI=1S/C13H16N4O3/c1-2-10(18)5-6-14-13-11-7-9(17(19)20)3-4-12(11)15-8-16-13/h3-4,7-8,10,18H,2,5-6H2,1H3,(H,14,15,16). The van der Waals surface area contributed by atoms with Crippen LogP contribution in [0.5, 0.6) is 0 Å². The van der Waals surface area contributed by atoms with Crippen molar-refractivity contribution >= 4 is 22.4 Å². The second-order valence-corrected chi connectivity index (χ2v) is 4.46. The van der Waals surface area contributed by atoms with Gasteiger partial charge in [0.2, 0.25) is 0 Å². The van der Waals surface area contributed by atoms with Gasteiger partial charge in [-0.2, -0.15) is 0 Å². The number of anilines is 1. The van der Waals surface area contributed by atoms with Crippen LogP contribution in [0, 0.1) is 10.1 Å². The van der Waals surface area contributed by atoms with E-state index in [9.17, 15) is 15.2 Å².